The van der Waals surface area contributed by atoms with Gasteiger partial charge in [-0.2, -0.15) is 4.98 Å². The summed E-state index contributed by atoms with van der Waals surface area (Å²) in [6.07, 6.45) is 1.06. The molecule has 0 saturated heterocycles. The molecule has 84 valence electrons. The van der Waals surface area contributed by atoms with E-state index in [4.69, 9.17) is 4.42 Å². The number of rotatable bonds is 4. The smallest absolute Gasteiger partial charge is 0.295 e. The summed E-state index contributed by atoms with van der Waals surface area (Å²) >= 11 is 0. The molecule has 3 heteroatoms. The Balaban J connectivity index is 2.25. The maximum absolute atomic E-state index is 5.55. The third-order valence-electron chi connectivity index (χ3n) is 2.37. The first-order valence-corrected chi connectivity index (χ1v) is 5.58. The Hall–Kier alpha value is -1.77. The van der Waals surface area contributed by atoms with E-state index in [2.05, 4.69) is 17.2 Å². The molecule has 0 amide bonds. The van der Waals surface area contributed by atoms with Gasteiger partial charge in [-0.15, -0.1) is 0 Å². The number of oxazole rings is 1. The molecule has 0 bridgehead atoms. The molecule has 0 saturated carbocycles. The molecule has 0 atom stereocenters. The van der Waals surface area contributed by atoms with Gasteiger partial charge in [-0.3, -0.25) is 0 Å². The van der Waals surface area contributed by atoms with E-state index in [9.17, 15) is 0 Å². The predicted molar refractivity (Wildman–Crippen MR) is 65.5 cm³/mol. The van der Waals surface area contributed by atoms with E-state index in [0.717, 1.165) is 30.0 Å². The van der Waals surface area contributed by atoms with Gasteiger partial charge in [-0.05, 0) is 13.3 Å². The fourth-order valence-corrected chi connectivity index (χ4v) is 1.57. The fraction of sp³-hybridized carbons (Fsp3) is 0.308. The van der Waals surface area contributed by atoms with Crippen molar-refractivity contribution in [2.45, 2.75) is 20.3 Å². The first-order valence-electron chi connectivity index (χ1n) is 5.58. The lowest BCUT2D eigenvalue weighted by atomic mass is 10.1. The van der Waals surface area contributed by atoms with E-state index in [1.165, 1.54) is 0 Å². The molecule has 3 nitrogen and oxygen atoms in total. The van der Waals surface area contributed by atoms with Crippen molar-refractivity contribution in [1.29, 1.82) is 0 Å². The molecule has 0 unspecified atom stereocenters. The van der Waals surface area contributed by atoms with Gasteiger partial charge in [0, 0.05) is 12.1 Å². The lowest BCUT2D eigenvalue weighted by Gasteiger charge is -1.96. The normalized spacial score (nSPS) is 10.4. The van der Waals surface area contributed by atoms with Crippen LogP contribution in [0.2, 0.25) is 0 Å². The van der Waals surface area contributed by atoms with E-state index >= 15 is 0 Å². The lowest BCUT2D eigenvalue weighted by molar-refractivity contribution is 0.540. The molecule has 1 heterocycles. The zero-order valence-corrected chi connectivity index (χ0v) is 9.66. The Bertz CT molecular complexity index is 448. The summed E-state index contributed by atoms with van der Waals surface area (Å²) in [5.74, 6) is 0.852. The second-order valence-electron chi connectivity index (χ2n) is 3.72. The SMILES string of the molecule is CCCNc1nc(-c2ccccc2)c(C)o1. The first kappa shape index (κ1) is 10.7. The average molecular weight is 216 g/mol. The van der Waals surface area contributed by atoms with E-state index < -0.39 is 0 Å². The summed E-state index contributed by atoms with van der Waals surface area (Å²) in [6.45, 7) is 4.93. The molecule has 0 aliphatic rings. The second kappa shape index (κ2) is 4.84. The standard InChI is InChI=1S/C13H16N2O/c1-3-9-14-13-15-12(10(2)16-13)11-7-5-4-6-8-11/h4-8H,3,9H2,1-2H3,(H,14,15). The van der Waals surface area contributed by atoms with Gasteiger partial charge in [0.15, 0.2) is 0 Å². The summed E-state index contributed by atoms with van der Waals surface area (Å²) in [5, 5.41) is 3.15. The first-order chi connectivity index (χ1) is 7.81. The summed E-state index contributed by atoms with van der Waals surface area (Å²) < 4.78 is 5.55. The number of aryl methyl sites for hydroxylation is 1. The molecule has 0 aliphatic heterocycles. The number of hydrogen-bond acceptors (Lipinski definition) is 3. The van der Waals surface area contributed by atoms with Gasteiger partial charge in [0.1, 0.15) is 11.5 Å². The topological polar surface area (TPSA) is 38.1 Å². The third-order valence-corrected chi connectivity index (χ3v) is 2.37. The molecule has 2 aromatic rings. The van der Waals surface area contributed by atoms with Gasteiger partial charge in [-0.25, -0.2) is 0 Å². The Morgan fingerprint density at radius 1 is 1.25 bits per heavy atom. The maximum atomic E-state index is 5.55. The van der Waals surface area contributed by atoms with Gasteiger partial charge in [0.2, 0.25) is 0 Å². The van der Waals surface area contributed by atoms with Crippen molar-refractivity contribution < 1.29 is 4.42 Å². The predicted octanol–water partition coefficient (Wildman–Crippen LogP) is 3.47. The van der Waals surface area contributed by atoms with Crippen molar-refractivity contribution in [3.63, 3.8) is 0 Å². The minimum absolute atomic E-state index is 0.609. The van der Waals surface area contributed by atoms with Crippen LogP contribution in [0.5, 0.6) is 0 Å². The van der Waals surface area contributed by atoms with Crippen LogP contribution in [-0.4, -0.2) is 11.5 Å². The average Bonchev–Trinajstić information content (AvgIpc) is 2.69. The summed E-state index contributed by atoms with van der Waals surface area (Å²) in [6, 6.07) is 10.7. The maximum Gasteiger partial charge on any atom is 0.295 e. The molecule has 1 N–H and O–H groups in total. The Kier molecular flexibility index (Phi) is 3.25. The summed E-state index contributed by atoms with van der Waals surface area (Å²) in [7, 11) is 0. The highest BCUT2D eigenvalue weighted by Gasteiger charge is 2.10. The van der Waals surface area contributed by atoms with Crippen LogP contribution in [0.3, 0.4) is 0 Å². The molecule has 16 heavy (non-hydrogen) atoms. The van der Waals surface area contributed by atoms with Crippen LogP contribution in [0, 0.1) is 6.92 Å². The highest BCUT2D eigenvalue weighted by atomic mass is 16.4. The lowest BCUT2D eigenvalue weighted by Crippen LogP contribution is -1.99. The number of aromatic nitrogens is 1. The molecule has 0 spiro atoms. The van der Waals surface area contributed by atoms with Crippen molar-refractivity contribution in [3.8, 4) is 11.3 Å². The van der Waals surface area contributed by atoms with Gasteiger partial charge in [0.05, 0.1) is 0 Å². The third kappa shape index (κ3) is 2.24. The molecule has 1 aromatic heterocycles. The quantitative estimate of drug-likeness (QED) is 0.850. The van der Waals surface area contributed by atoms with Crippen LogP contribution < -0.4 is 5.32 Å². The van der Waals surface area contributed by atoms with Crippen molar-refractivity contribution >= 4 is 6.01 Å². The minimum Gasteiger partial charge on any atom is -0.428 e. The highest BCUT2D eigenvalue weighted by molar-refractivity contribution is 5.62. The zero-order chi connectivity index (χ0) is 11.4. The van der Waals surface area contributed by atoms with Crippen molar-refractivity contribution in [1.82, 2.24) is 4.98 Å². The van der Waals surface area contributed by atoms with E-state index in [1.807, 2.05) is 37.3 Å². The molecule has 0 fully saturated rings. The molecule has 1 aromatic carbocycles. The van der Waals surface area contributed by atoms with Crippen LogP contribution in [-0.2, 0) is 0 Å². The number of anilines is 1. The molecule has 0 aliphatic carbocycles. The van der Waals surface area contributed by atoms with E-state index in [1.54, 1.807) is 0 Å². The molecule has 2 rings (SSSR count). The van der Waals surface area contributed by atoms with Crippen LogP contribution in [0.25, 0.3) is 11.3 Å². The van der Waals surface area contributed by atoms with Gasteiger partial charge >= 0.3 is 0 Å². The largest absolute Gasteiger partial charge is 0.428 e. The Morgan fingerprint density at radius 3 is 2.69 bits per heavy atom. The number of benzene rings is 1. The second-order valence-corrected chi connectivity index (χ2v) is 3.72. The monoisotopic (exact) mass is 216 g/mol. The Labute approximate surface area is 95.5 Å². The number of nitrogens with zero attached hydrogens (tertiary/aromatic N) is 1. The van der Waals surface area contributed by atoms with Crippen LogP contribution in [0.4, 0.5) is 6.01 Å². The summed E-state index contributed by atoms with van der Waals surface area (Å²) in [4.78, 5) is 4.44. The van der Waals surface area contributed by atoms with Crippen LogP contribution in [0.15, 0.2) is 34.7 Å². The molecular formula is C13H16N2O. The fourth-order valence-electron chi connectivity index (χ4n) is 1.57. The van der Waals surface area contributed by atoms with Gasteiger partial charge in [-0.1, -0.05) is 37.3 Å². The molecular weight excluding hydrogens is 200 g/mol. The number of nitrogens with one attached hydrogen (secondary N) is 1. The van der Waals surface area contributed by atoms with Crippen molar-refractivity contribution in [3.05, 3.63) is 36.1 Å². The van der Waals surface area contributed by atoms with E-state index in [-0.39, 0.29) is 0 Å². The number of hydrogen-bond donors (Lipinski definition) is 1. The van der Waals surface area contributed by atoms with Crippen LogP contribution in [0.1, 0.15) is 19.1 Å². The van der Waals surface area contributed by atoms with Crippen molar-refractivity contribution in [2.24, 2.45) is 0 Å². The zero-order valence-electron chi connectivity index (χ0n) is 9.66. The summed E-state index contributed by atoms with van der Waals surface area (Å²) in [5.41, 5.74) is 2.01. The Morgan fingerprint density at radius 2 is 2.00 bits per heavy atom. The van der Waals surface area contributed by atoms with Crippen LogP contribution >= 0.6 is 0 Å². The van der Waals surface area contributed by atoms with Gasteiger partial charge in [0.25, 0.3) is 6.01 Å². The van der Waals surface area contributed by atoms with Crippen molar-refractivity contribution in [2.75, 3.05) is 11.9 Å². The van der Waals surface area contributed by atoms with Gasteiger partial charge < -0.3 is 9.73 Å². The highest BCUT2D eigenvalue weighted by Crippen LogP contribution is 2.24. The minimum atomic E-state index is 0.609. The van der Waals surface area contributed by atoms with E-state index in [0.29, 0.717) is 6.01 Å². The molecule has 0 radical (unpaired) electrons.